The molecule has 1 atom stereocenters. The van der Waals surface area contributed by atoms with Crippen molar-refractivity contribution < 1.29 is 13.2 Å². The van der Waals surface area contributed by atoms with Gasteiger partial charge in [-0.1, -0.05) is 6.07 Å². The van der Waals surface area contributed by atoms with E-state index in [0.29, 0.717) is 11.3 Å². The van der Waals surface area contributed by atoms with Gasteiger partial charge in [-0.05, 0) is 55.7 Å². The van der Waals surface area contributed by atoms with Crippen molar-refractivity contribution in [3.8, 4) is 11.3 Å². The van der Waals surface area contributed by atoms with Crippen LogP contribution in [0.3, 0.4) is 0 Å². The maximum atomic E-state index is 13.4. The van der Waals surface area contributed by atoms with E-state index in [9.17, 15) is 13.2 Å². The van der Waals surface area contributed by atoms with E-state index in [1.54, 1.807) is 42.7 Å². The number of carbonyl (C=O) groups excluding carboxylic acids is 1. The summed E-state index contributed by atoms with van der Waals surface area (Å²) in [5.41, 5.74) is 16.4. The molecule has 0 aliphatic carbocycles. The number of pyridine rings is 2. The molecular weight excluding hydrogens is 476 g/mol. The Morgan fingerprint density at radius 1 is 1.19 bits per heavy atom. The van der Waals surface area contributed by atoms with Gasteiger partial charge in [-0.15, -0.1) is 0 Å². The molecular formula is C26H32N6O3S. The number of aromatic nitrogens is 2. The first-order chi connectivity index (χ1) is 17.1. The van der Waals surface area contributed by atoms with Crippen LogP contribution in [0.5, 0.6) is 0 Å². The highest BCUT2D eigenvalue weighted by molar-refractivity contribution is 7.89. The summed E-state index contributed by atoms with van der Waals surface area (Å²) in [5, 5.41) is 0. The molecule has 4 rings (SSSR count). The molecule has 0 amide bonds. The molecule has 0 spiro atoms. The van der Waals surface area contributed by atoms with Crippen molar-refractivity contribution >= 4 is 27.2 Å². The van der Waals surface area contributed by atoms with E-state index in [0.717, 1.165) is 47.1 Å². The maximum Gasteiger partial charge on any atom is 0.242 e. The largest absolute Gasteiger partial charge is 0.397 e. The fourth-order valence-corrected chi connectivity index (χ4v) is 5.37. The van der Waals surface area contributed by atoms with Crippen molar-refractivity contribution in [2.24, 2.45) is 5.73 Å². The Labute approximate surface area is 212 Å². The molecule has 0 radical (unpaired) electrons. The van der Waals surface area contributed by atoms with Gasteiger partial charge in [0, 0.05) is 68.9 Å². The van der Waals surface area contributed by atoms with Crippen molar-refractivity contribution in [3.05, 3.63) is 65.6 Å². The van der Waals surface area contributed by atoms with Gasteiger partial charge in [0.15, 0.2) is 5.78 Å². The van der Waals surface area contributed by atoms with Crippen LogP contribution in [0.1, 0.15) is 34.5 Å². The summed E-state index contributed by atoms with van der Waals surface area (Å²) in [5.74, 6) is -0.236. The average molecular weight is 509 g/mol. The lowest BCUT2D eigenvalue weighted by Gasteiger charge is -2.33. The monoisotopic (exact) mass is 508 g/mol. The third kappa shape index (κ3) is 5.25. The first-order valence-corrected chi connectivity index (χ1v) is 13.3. The van der Waals surface area contributed by atoms with Gasteiger partial charge in [0.1, 0.15) is 5.69 Å². The van der Waals surface area contributed by atoms with Crippen molar-refractivity contribution in [3.63, 3.8) is 0 Å². The van der Waals surface area contributed by atoms with Crippen LogP contribution < -0.4 is 16.4 Å². The minimum absolute atomic E-state index is 0.0869. The summed E-state index contributed by atoms with van der Waals surface area (Å²) in [6.45, 7) is 3.47. The molecule has 1 aliphatic rings. The molecule has 4 N–H and O–H groups in total. The first-order valence-electron chi connectivity index (χ1n) is 11.8. The summed E-state index contributed by atoms with van der Waals surface area (Å²) in [7, 11) is -0.659. The average Bonchev–Trinajstić information content (AvgIpc) is 2.85. The highest BCUT2D eigenvalue weighted by Gasteiger charge is 2.23. The van der Waals surface area contributed by atoms with Crippen molar-refractivity contribution in [1.82, 2.24) is 14.3 Å². The van der Waals surface area contributed by atoms with Gasteiger partial charge in [-0.2, -0.15) is 0 Å². The number of carbonyl (C=O) groups is 1. The molecule has 3 heterocycles. The number of hydrogen-bond acceptors (Lipinski definition) is 8. The lowest BCUT2D eigenvalue weighted by molar-refractivity contribution is 0.0989. The van der Waals surface area contributed by atoms with E-state index in [2.05, 4.69) is 14.9 Å². The zero-order chi connectivity index (χ0) is 26.0. The van der Waals surface area contributed by atoms with Crippen LogP contribution in [0, 0.1) is 6.92 Å². The van der Waals surface area contributed by atoms with Gasteiger partial charge in [0.2, 0.25) is 10.0 Å². The Morgan fingerprint density at radius 3 is 2.69 bits per heavy atom. The van der Waals surface area contributed by atoms with Gasteiger partial charge in [0.25, 0.3) is 0 Å². The number of ketones is 1. The Bertz CT molecular complexity index is 1390. The Kier molecular flexibility index (Phi) is 7.39. The van der Waals surface area contributed by atoms with Crippen molar-refractivity contribution in [2.75, 3.05) is 37.8 Å². The number of Topliss-reactive ketones (excluding diaryl/α,β-unsaturated/α-hetero) is 1. The smallest absolute Gasteiger partial charge is 0.242 e. The number of rotatable bonds is 7. The summed E-state index contributed by atoms with van der Waals surface area (Å²) in [4.78, 5) is 24.6. The van der Waals surface area contributed by atoms with E-state index < -0.39 is 10.0 Å². The van der Waals surface area contributed by atoms with Gasteiger partial charge in [0.05, 0.1) is 16.3 Å². The Hall–Kier alpha value is -3.34. The highest BCUT2D eigenvalue weighted by atomic mass is 32.2. The summed E-state index contributed by atoms with van der Waals surface area (Å²) in [6.07, 6.45) is 5.49. The van der Waals surface area contributed by atoms with Crippen LogP contribution in [0.15, 0.2) is 53.7 Å². The van der Waals surface area contributed by atoms with Crippen molar-refractivity contribution in [2.45, 2.75) is 37.1 Å². The van der Waals surface area contributed by atoms with Gasteiger partial charge < -0.3 is 16.4 Å². The standard InChI is InChI=1S/C26H32N6O3S/c1-17-6-7-20(36(34,35)31(2)3)14-21(17)23-9-8-22(28)26(30-23)25(33)13-18-15-29-11-10-24(18)32-12-4-5-19(27)16-32/h6-11,14-15,19H,4-5,12-13,16,27-28H2,1-3H3/t19-/m0/s1. The van der Waals surface area contributed by atoms with Crippen LogP contribution >= 0.6 is 0 Å². The lowest BCUT2D eigenvalue weighted by atomic mass is 10.0. The second kappa shape index (κ2) is 10.3. The number of nitrogen functional groups attached to an aromatic ring is 1. The first kappa shape index (κ1) is 25.7. The molecule has 0 unspecified atom stereocenters. The zero-order valence-electron chi connectivity index (χ0n) is 20.8. The predicted octanol–water partition coefficient (Wildman–Crippen LogP) is 2.64. The summed E-state index contributed by atoms with van der Waals surface area (Å²) >= 11 is 0. The molecule has 1 saturated heterocycles. The molecule has 0 bridgehead atoms. The molecule has 0 saturated carbocycles. The number of nitrogens with zero attached hydrogens (tertiary/aromatic N) is 4. The highest BCUT2D eigenvalue weighted by Crippen LogP contribution is 2.29. The second-order valence-electron chi connectivity index (χ2n) is 9.35. The SMILES string of the molecule is Cc1ccc(S(=O)(=O)N(C)C)cc1-c1ccc(N)c(C(=O)Cc2cnccc2N2CCC[C@H](N)C2)n1. The second-order valence-corrected chi connectivity index (χ2v) is 11.5. The minimum atomic E-state index is -3.63. The molecule has 1 aromatic carbocycles. The topological polar surface area (TPSA) is 136 Å². The Morgan fingerprint density at radius 2 is 1.97 bits per heavy atom. The number of piperidine rings is 1. The molecule has 1 aliphatic heterocycles. The molecule has 2 aromatic heterocycles. The van der Waals surface area contributed by atoms with E-state index in [-0.39, 0.29) is 34.5 Å². The fraction of sp³-hybridized carbons (Fsp3) is 0.346. The number of nitrogens with two attached hydrogens (primary N) is 2. The lowest BCUT2D eigenvalue weighted by Crippen LogP contribution is -2.43. The number of benzene rings is 1. The van der Waals surface area contributed by atoms with E-state index in [1.165, 1.54) is 14.1 Å². The number of aryl methyl sites for hydroxylation is 1. The van der Waals surface area contributed by atoms with Gasteiger partial charge >= 0.3 is 0 Å². The maximum absolute atomic E-state index is 13.4. The van der Waals surface area contributed by atoms with Crippen LogP contribution in [-0.4, -0.2) is 61.7 Å². The summed E-state index contributed by atoms with van der Waals surface area (Å²) in [6, 6.07) is 10.2. The molecule has 10 heteroatoms. The predicted molar refractivity (Wildman–Crippen MR) is 141 cm³/mol. The molecule has 9 nitrogen and oxygen atoms in total. The van der Waals surface area contributed by atoms with E-state index >= 15 is 0 Å². The van der Waals surface area contributed by atoms with Crippen LogP contribution in [0.4, 0.5) is 11.4 Å². The normalized spacial score (nSPS) is 16.4. The molecule has 3 aromatic rings. The van der Waals surface area contributed by atoms with E-state index in [4.69, 9.17) is 11.5 Å². The molecule has 1 fully saturated rings. The van der Waals surface area contributed by atoms with Gasteiger partial charge in [-0.25, -0.2) is 17.7 Å². The number of anilines is 2. The Balaban J connectivity index is 1.67. The van der Waals surface area contributed by atoms with Crippen LogP contribution in [-0.2, 0) is 16.4 Å². The quantitative estimate of drug-likeness (QED) is 0.465. The van der Waals surface area contributed by atoms with Crippen LogP contribution in [0.2, 0.25) is 0 Å². The number of sulfonamides is 1. The third-order valence-electron chi connectivity index (χ3n) is 6.48. The van der Waals surface area contributed by atoms with Gasteiger partial charge in [-0.3, -0.25) is 9.78 Å². The minimum Gasteiger partial charge on any atom is -0.397 e. The fourth-order valence-electron chi connectivity index (χ4n) is 4.44. The third-order valence-corrected chi connectivity index (χ3v) is 8.29. The van der Waals surface area contributed by atoms with E-state index in [1.807, 2.05) is 13.0 Å². The van der Waals surface area contributed by atoms with Crippen molar-refractivity contribution in [1.29, 1.82) is 0 Å². The molecule has 36 heavy (non-hydrogen) atoms. The zero-order valence-corrected chi connectivity index (χ0v) is 21.6. The number of hydrogen-bond donors (Lipinski definition) is 2. The van der Waals surface area contributed by atoms with Crippen LogP contribution in [0.25, 0.3) is 11.3 Å². The summed E-state index contributed by atoms with van der Waals surface area (Å²) < 4.78 is 26.5. The molecule has 190 valence electrons.